The highest BCUT2D eigenvalue weighted by Crippen LogP contribution is 2.52. The van der Waals surface area contributed by atoms with Gasteiger partial charge in [0, 0.05) is 19.1 Å². The molecule has 4 bridgehead atoms. The highest BCUT2D eigenvalue weighted by molar-refractivity contribution is 7.92. The lowest BCUT2D eigenvalue weighted by Crippen LogP contribution is -2.61. The van der Waals surface area contributed by atoms with E-state index >= 15 is 0 Å². The van der Waals surface area contributed by atoms with Gasteiger partial charge < -0.3 is 20.3 Å². The third-order valence-electron chi connectivity index (χ3n) is 8.91. The lowest BCUT2D eigenvalue weighted by Gasteiger charge is -2.42. The minimum absolute atomic E-state index is 0.0285. The van der Waals surface area contributed by atoms with E-state index in [9.17, 15) is 18.0 Å². The number of carbonyl (C=O) groups excluding carboxylic acids is 2. The molecule has 2 amide bonds. The first-order valence-corrected chi connectivity index (χ1v) is 15.9. The number of amides is 2. The number of fused-ring (bicyclic) bond motifs is 4. The second-order valence-corrected chi connectivity index (χ2v) is 14.0. The van der Waals surface area contributed by atoms with Crippen LogP contribution >= 0.6 is 11.6 Å². The van der Waals surface area contributed by atoms with Crippen LogP contribution < -0.4 is 19.7 Å². The SMILES string of the molecule is COc1ccc(N2C/C=C\CC3(CCCN3)C(=O)N3CC(CC4(CC4)C3)NC(=O)c3cc(ccc3Cl)S2(=O)=O)cc1. The maximum Gasteiger partial charge on any atom is 0.264 e. The Balaban J connectivity index is 1.43. The maximum atomic E-state index is 14.1. The largest absolute Gasteiger partial charge is 0.497 e. The van der Waals surface area contributed by atoms with Gasteiger partial charge in [-0.1, -0.05) is 23.8 Å². The van der Waals surface area contributed by atoms with Crippen LogP contribution in [0.5, 0.6) is 5.75 Å². The van der Waals surface area contributed by atoms with Gasteiger partial charge in [-0.05, 0) is 92.9 Å². The Morgan fingerprint density at radius 2 is 1.83 bits per heavy atom. The van der Waals surface area contributed by atoms with E-state index in [4.69, 9.17) is 16.3 Å². The quantitative estimate of drug-likeness (QED) is 0.510. The standard InChI is InChI=1S/C30H35ClN4O5S/c1-40-23-7-5-22(6-8-23)35-16-3-2-11-30(12-4-15-32-30)28(37)34-19-21(18-29(20-34)13-14-29)33-27(36)25-17-24(41(35,38)39)9-10-26(25)31/h2-3,5-10,17,21,32H,4,11-16,18-20H2,1H3,(H,33,36)/b3-2-. The number of carbonyl (C=O) groups is 2. The molecule has 6 rings (SSSR count). The summed E-state index contributed by atoms with van der Waals surface area (Å²) in [6.07, 6.45) is 8.59. The van der Waals surface area contributed by atoms with Crippen LogP contribution in [0.1, 0.15) is 48.9 Å². The highest BCUT2D eigenvalue weighted by atomic mass is 35.5. The van der Waals surface area contributed by atoms with E-state index in [0.29, 0.717) is 37.4 Å². The van der Waals surface area contributed by atoms with Crippen molar-refractivity contribution in [1.29, 1.82) is 0 Å². The van der Waals surface area contributed by atoms with Gasteiger partial charge in [-0.25, -0.2) is 8.42 Å². The van der Waals surface area contributed by atoms with E-state index in [1.807, 2.05) is 11.0 Å². The summed E-state index contributed by atoms with van der Waals surface area (Å²) in [7, 11) is -2.55. The van der Waals surface area contributed by atoms with E-state index in [1.54, 1.807) is 37.5 Å². The van der Waals surface area contributed by atoms with E-state index in [0.717, 1.165) is 32.2 Å². The molecule has 4 aliphatic rings. The van der Waals surface area contributed by atoms with Crippen molar-refractivity contribution < 1.29 is 22.7 Å². The van der Waals surface area contributed by atoms with E-state index < -0.39 is 21.5 Å². The summed E-state index contributed by atoms with van der Waals surface area (Å²) in [5.41, 5.74) is -0.182. The molecule has 3 heterocycles. The Labute approximate surface area is 245 Å². The lowest BCUT2D eigenvalue weighted by molar-refractivity contribution is -0.140. The van der Waals surface area contributed by atoms with Gasteiger partial charge in [0.15, 0.2) is 0 Å². The van der Waals surface area contributed by atoms with E-state index in [1.165, 1.54) is 22.5 Å². The third kappa shape index (κ3) is 5.33. The fourth-order valence-corrected chi connectivity index (χ4v) is 8.15. The van der Waals surface area contributed by atoms with Gasteiger partial charge in [0.1, 0.15) is 11.3 Å². The molecule has 9 nitrogen and oxygen atoms in total. The minimum atomic E-state index is -4.09. The lowest BCUT2D eigenvalue weighted by atomic mass is 9.86. The molecular formula is C30H35ClN4O5S. The number of nitrogens with one attached hydrogen (secondary N) is 2. The van der Waals surface area contributed by atoms with Crippen LogP contribution in [-0.4, -0.2) is 70.0 Å². The van der Waals surface area contributed by atoms with Gasteiger partial charge in [0.2, 0.25) is 5.91 Å². The van der Waals surface area contributed by atoms with Gasteiger partial charge in [0.05, 0.1) is 34.8 Å². The summed E-state index contributed by atoms with van der Waals surface area (Å²) in [5.74, 6) is 0.207. The number of rotatable bonds is 2. The van der Waals surface area contributed by atoms with Crippen molar-refractivity contribution in [1.82, 2.24) is 15.5 Å². The number of halogens is 1. The summed E-state index contributed by atoms with van der Waals surface area (Å²) in [6, 6.07) is 10.7. The second kappa shape index (κ2) is 10.6. The fraction of sp³-hybridized carbons (Fsp3) is 0.467. The Hall–Kier alpha value is -3.08. The fourth-order valence-electron chi connectivity index (χ4n) is 6.51. The molecule has 3 fully saturated rings. The molecular weight excluding hydrogens is 564 g/mol. The van der Waals surface area contributed by atoms with Gasteiger partial charge in [-0.2, -0.15) is 0 Å². The van der Waals surface area contributed by atoms with Crippen molar-refractivity contribution in [3.05, 3.63) is 65.2 Å². The number of benzene rings is 2. The van der Waals surface area contributed by atoms with Crippen LogP contribution in [0.15, 0.2) is 59.5 Å². The van der Waals surface area contributed by atoms with Crippen LogP contribution in [0.4, 0.5) is 5.69 Å². The number of methoxy groups -OCH3 is 1. The zero-order valence-electron chi connectivity index (χ0n) is 23.1. The van der Waals surface area contributed by atoms with Crippen LogP contribution in [0.3, 0.4) is 0 Å². The minimum Gasteiger partial charge on any atom is -0.497 e. The van der Waals surface area contributed by atoms with Gasteiger partial charge in [0.25, 0.3) is 15.9 Å². The molecule has 2 aromatic carbocycles. The molecule has 1 saturated carbocycles. The first kappa shape index (κ1) is 28.1. The summed E-state index contributed by atoms with van der Waals surface area (Å²) in [4.78, 5) is 29.5. The van der Waals surface area contributed by atoms with Crippen molar-refractivity contribution in [3.8, 4) is 5.75 Å². The molecule has 2 spiro atoms. The predicted molar refractivity (Wildman–Crippen MR) is 157 cm³/mol. The Morgan fingerprint density at radius 1 is 1.05 bits per heavy atom. The van der Waals surface area contributed by atoms with Crippen LogP contribution in [0, 0.1) is 5.41 Å². The van der Waals surface area contributed by atoms with Crippen molar-refractivity contribution in [2.45, 2.75) is 55.0 Å². The molecule has 2 unspecified atom stereocenters. The average molecular weight is 599 g/mol. The molecule has 0 radical (unpaired) electrons. The molecule has 2 aromatic rings. The van der Waals surface area contributed by atoms with E-state index in [-0.39, 0.29) is 39.4 Å². The summed E-state index contributed by atoms with van der Waals surface area (Å²) in [5, 5.41) is 6.72. The van der Waals surface area contributed by atoms with Crippen LogP contribution in [-0.2, 0) is 14.8 Å². The molecule has 41 heavy (non-hydrogen) atoms. The highest BCUT2D eigenvalue weighted by Gasteiger charge is 2.52. The summed E-state index contributed by atoms with van der Waals surface area (Å²) < 4.78 is 34.6. The van der Waals surface area contributed by atoms with Crippen molar-refractivity contribution >= 4 is 39.1 Å². The van der Waals surface area contributed by atoms with E-state index in [2.05, 4.69) is 10.6 Å². The van der Waals surface area contributed by atoms with Crippen LogP contribution in [0.25, 0.3) is 0 Å². The molecule has 0 aromatic heterocycles. The molecule has 1 aliphatic carbocycles. The maximum absolute atomic E-state index is 14.1. The second-order valence-electron chi connectivity index (χ2n) is 11.7. The third-order valence-corrected chi connectivity index (χ3v) is 11.0. The Kier molecular flexibility index (Phi) is 7.28. The van der Waals surface area contributed by atoms with Gasteiger partial charge in [-0.3, -0.25) is 13.9 Å². The number of hydrogen-bond donors (Lipinski definition) is 2. The number of sulfonamides is 1. The monoisotopic (exact) mass is 598 g/mol. The van der Waals surface area contributed by atoms with Crippen molar-refractivity contribution in [3.63, 3.8) is 0 Å². The molecule has 2 N–H and O–H groups in total. The summed E-state index contributed by atoms with van der Waals surface area (Å²) in [6.45, 7) is 1.90. The predicted octanol–water partition coefficient (Wildman–Crippen LogP) is 3.74. The first-order valence-electron chi connectivity index (χ1n) is 14.1. The molecule has 2 atom stereocenters. The Bertz CT molecular complexity index is 1480. The number of nitrogens with zero attached hydrogens (tertiary/aromatic N) is 2. The Morgan fingerprint density at radius 3 is 2.51 bits per heavy atom. The molecule has 11 heteroatoms. The first-order chi connectivity index (χ1) is 19.6. The average Bonchev–Trinajstić information content (AvgIpc) is 3.51. The number of ether oxygens (including phenoxy) is 1. The van der Waals surface area contributed by atoms with Crippen molar-refractivity contribution in [2.75, 3.05) is 37.6 Å². The number of anilines is 1. The zero-order valence-corrected chi connectivity index (χ0v) is 24.6. The summed E-state index contributed by atoms with van der Waals surface area (Å²) >= 11 is 6.44. The smallest absolute Gasteiger partial charge is 0.264 e. The van der Waals surface area contributed by atoms with Gasteiger partial charge >= 0.3 is 0 Å². The topological polar surface area (TPSA) is 108 Å². The molecule has 218 valence electrons. The zero-order chi connectivity index (χ0) is 28.8. The number of piperidine rings is 1. The molecule has 3 aliphatic heterocycles. The number of hydrogen-bond acceptors (Lipinski definition) is 6. The molecule has 2 saturated heterocycles. The normalized spacial score (nSPS) is 28.0. The van der Waals surface area contributed by atoms with Crippen molar-refractivity contribution in [2.24, 2.45) is 5.41 Å². The van der Waals surface area contributed by atoms with Crippen LogP contribution in [0.2, 0.25) is 5.02 Å². The van der Waals surface area contributed by atoms with Gasteiger partial charge in [-0.15, -0.1) is 0 Å².